The summed E-state index contributed by atoms with van der Waals surface area (Å²) < 4.78 is 26.3. The van der Waals surface area contributed by atoms with Gasteiger partial charge in [0.2, 0.25) is 11.7 Å². The first-order valence-corrected chi connectivity index (χ1v) is 8.87. The van der Waals surface area contributed by atoms with Crippen LogP contribution in [0.15, 0.2) is 59.6 Å². The zero-order valence-corrected chi connectivity index (χ0v) is 15.0. The molecule has 0 aliphatic heterocycles. The van der Waals surface area contributed by atoms with E-state index in [1.807, 2.05) is 0 Å². The number of nitrogens with one attached hydrogen (secondary N) is 1. The number of aromatic nitrogens is 2. The Kier molecular flexibility index (Phi) is 5.90. The molecule has 0 radical (unpaired) electrons. The lowest BCUT2D eigenvalue weighted by atomic mass is 10.1. The number of thioether (sulfide) groups is 1. The molecule has 1 aromatic heterocycles. The highest BCUT2D eigenvalue weighted by Crippen LogP contribution is 2.23. The molecule has 1 amide bonds. The van der Waals surface area contributed by atoms with Gasteiger partial charge < -0.3 is 5.32 Å². The molecule has 28 heavy (non-hydrogen) atoms. The first kappa shape index (κ1) is 19.4. The SMILES string of the molecule is O=C(CSc1ccc(-c2ccc(F)cc2)nn1)Nc1ccc(F)c([N+](=O)[O-])c1. The number of anilines is 1. The number of nitro benzene ring substituents is 1. The van der Waals surface area contributed by atoms with Crippen LogP contribution in [-0.2, 0) is 4.79 Å². The number of rotatable bonds is 6. The summed E-state index contributed by atoms with van der Waals surface area (Å²) in [7, 11) is 0. The Morgan fingerprint density at radius 1 is 1.07 bits per heavy atom. The fourth-order valence-electron chi connectivity index (χ4n) is 2.24. The Labute approximate surface area is 162 Å². The molecule has 0 atom stereocenters. The molecule has 3 aromatic rings. The van der Waals surface area contributed by atoms with E-state index in [2.05, 4.69) is 15.5 Å². The van der Waals surface area contributed by atoms with Gasteiger partial charge in [0.25, 0.3) is 0 Å². The Morgan fingerprint density at radius 3 is 2.46 bits per heavy atom. The summed E-state index contributed by atoms with van der Waals surface area (Å²) in [6.07, 6.45) is 0. The van der Waals surface area contributed by atoms with Gasteiger partial charge in [0.05, 0.1) is 16.4 Å². The third-order valence-electron chi connectivity index (χ3n) is 3.56. The van der Waals surface area contributed by atoms with Crippen LogP contribution in [0.5, 0.6) is 0 Å². The standard InChI is InChI=1S/C18H12F2N4O3S/c19-12-3-1-11(2-4-12)15-7-8-18(23-22-15)28-10-17(25)21-13-5-6-14(20)16(9-13)24(26)27/h1-9H,10H2,(H,21,25). The second kappa shape index (κ2) is 8.53. The Hall–Kier alpha value is -3.40. The molecule has 142 valence electrons. The minimum atomic E-state index is -0.978. The van der Waals surface area contributed by atoms with E-state index in [0.717, 1.165) is 23.9 Å². The molecule has 0 unspecified atom stereocenters. The first-order chi connectivity index (χ1) is 13.4. The molecule has 0 bridgehead atoms. The summed E-state index contributed by atoms with van der Waals surface area (Å²) in [5, 5.41) is 21.7. The van der Waals surface area contributed by atoms with Crippen LogP contribution in [0.1, 0.15) is 0 Å². The minimum absolute atomic E-state index is 0.0181. The van der Waals surface area contributed by atoms with Crippen molar-refractivity contribution in [2.75, 3.05) is 11.1 Å². The number of nitrogens with zero attached hydrogens (tertiary/aromatic N) is 3. The monoisotopic (exact) mass is 402 g/mol. The van der Waals surface area contributed by atoms with Gasteiger partial charge in [-0.1, -0.05) is 11.8 Å². The van der Waals surface area contributed by atoms with Crippen LogP contribution in [0.4, 0.5) is 20.2 Å². The number of hydrogen-bond acceptors (Lipinski definition) is 6. The average Bonchev–Trinajstić information content (AvgIpc) is 2.69. The molecular formula is C18H12F2N4O3S. The van der Waals surface area contributed by atoms with Gasteiger partial charge in [0.15, 0.2) is 0 Å². The van der Waals surface area contributed by atoms with Crippen LogP contribution in [-0.4, -0.2) is 26.8 Å². The number of hydrogen-bond donors (Lipinski definition) is 1. The molecule has 1 N–H and O–H groups in total. The first-order valence-electron chi connectivity index (χ1n) is 7.88. The predicted molar refractivity (Wildman–Crippen MR) is 99.8 cm³/mol. The van der Waals surface area contributed by atoms with Crippen molar-refractivity contribution in [3.8, 4) is 11.3 Å². The highest BCUT2D eigenvalue weighted by atomic mass is 32.2. The van der Waals surface area contributed by atoms with Crippen LogP contribution < -0.4 is 5.32 Å². The van der Waals surface area contributed by atoms with E-state index >= 15 is 0 Å². The van der Waals surface area contributed by atoms with Crippen LogP contribution in [0.25, 0.3) is 11.3 Å². The van der Waals surface area contributed by atoms with Crippen molar-refractivity contribution >= 4 is 29.0 Å². The van der Waals surface area contributed by atoms with Gasteiger partial charge in [-0.15, -0.1) is 10.2 Å². The molecular weight excluding hydrogens is 390 g/mol. The molecule has 1 heterocycles. The van der Waals surface area contributed by atoms with E-state index in [1.165, 1.54) is 18.2 Å². The number of benzene rings is 2. The summed E-state index contributed by atoms with van der Waals surface area (Å²) in [6, 6.07) is 12.3. The van der Waals surface area contributed by atoms with Gasteiger partial charge in [0.1, 0.15) is 10.8 Å². The Balaban J connectivity index is 1.58. The lowest BCUT2D eigenvalue weighted by Gasteiger charge is -2.05. The van der Waals surface area contributed by atoms with E-state index in [-0.39, 0.29) is 17.3 Å². The molecule has 0 aliphatic rings. The van der Waals surface area contributed by atoms with E-state index in [1.54, 1.807) is 24.3 Å². The van der Waals surface area contributed by atoms with E-state index in [4.69, 9.17) is 0 Å². The van der Waals surface area contributed by atoms with Crippen molar-refractivity contribution in [2.45, 2.75) is 5.03 Å². The molecule has 0 saturated carbocycles. The quantitative estimate of drug-likeness (QED) is 0.379. The number of nitro groups is 1. The second-order valence-corrected chi connectivity index (χ2v) is 6.52. The fraction of sp³-hybridized carbons (Fsp3) is 0.0556. The topological polar surface area (TPSA) is 98.0 Å². The summed E-state index contributed by atoms with van der Waals surface area (Å²) in [4.78, 5) is 21.9. The van der Waals surface area contributed by atoms with Crippen molar-refractivity contribution in [3.05, 3.63) is 76.3 Å². The predicted octanol–water partition coefficient (Wildman–Crippen LogP) is 4.06. The van der Waals surface area contributed by atoms with Crippen molar-refractivity contribution < 1.29 is 18.5 Å². The van der Waals surface area contributed by atoms with Crippen LogP contribution in [0.3, 0.4) is 0 Å². The molecule has 0 aliphatic carbocycles. The highest BCUT2D eigenvalue weighted by Gasteiger charge is 2.15. The Bertz CT molecular complexity index is 1010. The third kappa shape index (κ3) is 4.86. The van der Waals surface area contributed by atoms with Gasteiger partial charge >= 0.3 is 5.69 Å². The molecule has 3 rings (SSSR count). The van der Waals surface area contributed by atoms with Crippen molar-refractivity contribution in [1.29, 1.82) is 0 Å². The van der Waals surface area contributed by atoms with Crippen molar-refractivity contribution in [1.82, 2.24) is 10.2 Å². The zero-order valence-electron chi connectivity index (χ0n) is 14.1. The Morgan fingerprint density at radius 2 is 1.82 bits per heavy atom. The van der Waals surface area contributed by atoms with Crippen molar-refractivity contribution in [2.24, 2.45) is 0 Å². The molecule has 0 spiro atoms. The van der Waals surface area contributed by atoms with Gasteiger partial charge in [-0.3, -0.25) is 14.9 Å². The molecule has 10 heteroatoms. The summed E-state index contributed by atoms with van der Waals surface area (Å²) in [5.74, 6) is -1.78. The highest BCUT2D eigenvalue weighted by molar-refractivity contribution is 7.99. The number of carbonyl (C=O) groups excluding carboxylic acids is 1. The van der Waals surface area contributed by atoms with E-state index in [9.17, 15) is 23.7 Å². The number of halogens is 2. The summed E-state index contributed by atoms with van der Waals surface area (Å²) in [6.45, 7) is 0. The molecule has 7 nitrogen and oxygen atoms in total. The lowest BCUT2D eigenvalue weighted by Crippen LogP contribution is -2.14. The van der Waals surface area contributed by atoms with Gasteiger partial charge in [-0.25, -0.2) is 4.39 Å². The maximum Gasteiger partial charge on any atom is 0.306 e. The fourth-order valence-corrected chi connectivity index (χ4v) is 2.85. The summed E-state index contributed by atoms with van der Waals surface area (Å²) >= 11 is 1.11. The molecule has 0 saturated heterocycles. The number of carbonyl (C=O) groups is 1. The average molecular weight is 402 g/mol. The van der Waals surface area contributed by atoms with Crippen LogP contribution in [0.2, 0.25) is 0 Å². The van der Waals surface area contributed by atoms with Crippen LogP contribution >= 0.6 is 11.8 Å². The van der Waals surface area contributed by atoms with Crippen LogP contribution in [0, 0.1) is 21.7 Å². The molecule has 0 fully saturated rings. The van der Waals surface area contributed by atoms with Gasteiger partial charge in [-0.05, 0) is 48.5 Å². The van der Waals surface area contributed by atoms with Gasteiger partial charge in [0, 0.05) is 17.3 Å². The largest absolute Gasteiger partial charge is 0.325 e. The normalized spacial score (nSPS) is 10.5. The van der Waals surface area contributed by atoms with Gasteiger partial charge in [-0.2, -0.15) is 4.39 Å². The van der Waals surface area contributed by atoms with E-state index < -0.39 is 22.3 Å². The lowest BCUT2D eigenvalue weighted by molar-refractivity contribution is -0.387. The molecule has 2 aromatic carbocycles. The van der Waals surface area contributed by atoms with E-state index in [0.29, 0.717) is 16.3 Å². The third-order valence-corrected chi connectivity index (χ3v) is 4.48. The smallest absolute Gasteiger partial charge is 0.306 e. The maximum absolute atomic E-state index is 13.3. The number of amides is 1. The minimum Gasteiger partial charge on any atom is -0.325 e. The zero-order chi connectivity index (χ0) is 20.1. The maximum atomic E-state index is 13.3. The summed E-state index contributed by atoms with van der Waals surface area (Å²) in [5.41, 5.74) is 0.678. The second-order valence-electron chi connectivity index (χ2n) is 5.52. The van der Waals surface area contributed by atoms with Crippen molar-refractivity contribution in [3.63, 3.8) is 0 Å².